The number of esters is 2. The predicted octanol–water partition coefficient (Wildman–Crippen LogP) is 8.02. The summed E-state index contributed by atoms with van der Waals surface area (Å²) in [5.41, 5.74) is 2.15. The van der Waals surface area contributed by atoms with E-state index in [9.17, 15) is 22.8 Å². The van der Waals surface area contributed by atoms with E-state index in [0.717, 1.165) is 43.2 Å². The van der Waals surface area contributed by atoms with Crippen LogP contribution in [0.2, 0.25) is 0 Å². The van der Waals surface area contributed by atoms with Crippen LogP contribution in [-0.4, -0.2) is 30.8 Å². The number of halogens is 3. The molecule has 1 aliphatic carbocycles. The summed E-state index contributed by atoms with van der Waals surface area (Å²) >= 11 is 0. The number of rotatable bonds is 14. The Morgan fingerprint density at radius 2 is 1.59 bits per heavy atom. The fraction of sp³-hybridized carbons (Fsp3) is 0.548. The maximum Gasteiger partial charge on any atom is 0.425 e. The van der Waals surface area contributed by atoms with Crippen molar-refractivity contribution < 1.29 is 37.0 Å². The second kappa shape index (κ2) is 14.9. The van der Waals surface area contributed by atoms with Gasteiger partial charge in [-0.15, -0.1) is 0 Å². The van der Waals surface area contributed by atoms with Gasteiger partial charge in [-0.05, 0) is 86.1 Å². The molecule has 0 saturated carbocycles. The van der Waals surface area contributed by atoms with Gasteiger partial charge in [0.1, 0.15) is 11.5 Å². The third-order valence-electron chi connectivity index (χ3n) is 7.00. The molecule has 1 unspecified atom stereocenters. The van der Waals surface area contributed by atoms with Crippen LogP contribution in [0.1, 0.15) is 93.1 Å². The van der Waals surface area contributed by atoms with Crippen molar-refractivity contribution in [3.63, 3.8) is 0 Å². The van der Waals surface area contributed by atoms with Crippen molar-refractivity contribution in [3.05, 3.63) is 59.2 Å². The molecular formula is C31H39F3O5. The molecule has 0 N–H and O–H groups in total. The number of benzene rings is 2. The van der Waals surface area contributed by atoms with Gasteiger partial charge in [0.05, 0.1) is 18.1 Å². The van der Waals surface area contributed by atoms with E-state index >= 15 is 0 Å². The fourth-order valence-corrected chi connectivity index (χ4v) is 4.67. The summed E-state index contributed by atoms with van der Waals surface area (Å²) in [6.45, 7) is 4.75. The lowest BCUT2D eigenvalue weighted by Crippen LogP contribution is -2.37. The highest BCUT2D eigenvalue weighted by atomic mass is 19.4. The summed E-state index contributed by atoms with van der Waals surface area (Å²) in [7, 11) is 0. The van der Waals surface area contributed by atoms with Crippen molar-refractivity contribution in [1.82, 2.24) is 0 Å². The van der Waals surface area contributed by atoms with Crippen LogP contribution in [0.5, 0.6) is 11.5 Å². The van der Waals surface area contributed by atoms with Gasteiger partial charge in [-0.1, -0.05) is 52.0 Å². The fourth-order valence-electron chi connectivity index (χ4n) is 4.67. The molecule has 0 heterocycles. The third-order valence-corrected chi connectivity index (χ3v) is 7.00. The first-order valence-corrected chi connectivity index (χ1v) is 14.0. The first-order chi connectivity index (χ1) is 18.7. The Morgan fingerprint density at radius 1 is 0.897 bits per heavy atom. The summed E-state index contributed by atoms with van der Waals surface area (Å²) in [4.78, 5) is 25.2. The first-order valence-electron chi connectivity index (χ1n) is 14.0. The van der Waals surface area contributed by atoms with Gasteiger partial charge in [0.2, 0.25) is 0 Å². The van der Waals surface area contributed by atoms with Crippen LogP contribution in [0, 0.1) is 5.92 Å². The quantitative estimate of drug-likeness (QED) is 0.136. The van der Waals surface area contributed by atoms with Crippen molar-refractivity contribution >= 4 is 11.9 Å². The molecule has 2 atom stereocenters. The van der Waals surface area contributed by atoms with Gasteiger partial charge in [-0.25, -0.2) is 4.79 Å². The predicted molar refractivity (Wildman–Crippen MR) is 143 cm³/mol. The molecule has 0 radical (unpaired) electrons. The van der Waals surface area contributed by atoms with E-state index in [1.165, 1.54) is 0 Å². The molecule has 0 fully saturated rings. The Labute approximate surface area is 229 Å². The zero-order valence-electron chi connectivity index (χ0n) is 22.9. The number of ether oxygens (including phenoxy) is 3. The average Bonchev–Trinajstić information content (AvgIpc) is 2.92. The van der Waals surface area contributed by atoms with Crippen molar-refractivity contribution in [3.8, 4) is 11.5 Å². The van der Waals surface area contributed by atoms with Crippen molar-refractivity contribution in [1.29, 1.82) is 0 Å². The van der Waals surface area contributed by atoms with E-state index in [1.54, 1.807) is 42.5 Å². The minimum atomic E-state index is -4.57. The highest BCUT2D eigenvalue weighted by molar-refractivity contribution is 5.91. The van der Waals surface area contributed by atoms with Gasteiger partial charge in [0.15, 0.2) is 6.10 Å². The molecule has 0 aromatic heterocycles. The van der Waals surface area contributed by atoms with Crippen LogP contribution in [0.3, 0.4) is 0 Å². The minimum absolute atomic E-state index is 0.206. The van der Waals surface area contributed by atoms with Gasteiger partial charge in [-0.3, -0.25) is 4.79 Å². The SMILES string of the molecule is CCCCCC[C@@H](OC(=O)C1CCc2cc(OC(=O)c3ccc(OCCCCC)cc3)ccc2C1)C(F)(F)F. The summed E-state index contributed by atoms with van der Waals surface area (Å²) in [5, 5.41) is 0. The standard InChI is InChI=1S/C31H39F3O5/c1-3-5-7-8-10-28(31(32,33)34)39-30(36)25-12-11-24-21-27(18-15-23(24)20-25)38-29(35)22-13-16-26(17-14-22)37-19-9-6-4-2/h13-18,21,25,28H,3-12,19-20H2,1-2H3/t25?,28-/m1/s1. The molecule has 0 spiro atoms. The zero-order valence-corrected chi connectivity index (χ0v) is 22.9. The number of fused-ring (bicyclic) bond motifs is 1. The molecule has 5 nitrogen and oxygen atoms in total. The molecule has 214 valence electrons. The average molecular weight is 549 g/mol. The van der Waals surface area contributed by atoms with Crippen LogP contribution in [0.25, 0.3) is 0 Å². The van der Waals surface area contributed by atoms with E-state index in [2.05, 4.69) is 6.92 Å². The maximum absolute atomic E-state index is 13.4. The number of unbranched alkanes of at least 4 members (excludes halogenated alkanes) is 5. The molecule has 0 saturated heterocycles. The van der Waals surface area contributed by atoms with Crippen LogP contribution in [0.15, 0.2) is 42.5 Å². The van der Waals surface area contributed by atoms with Crippen molar-refractivity contribution in [2.75, 3.05) is 6.61 Å². The second-order valence-electron chi connectivity index (χ2n) is 10.2. The van der Waals surface area contributed by atoms with E-state index < -0.39 is 30.1 Å². The number of alkyl halides is 3. The zero-order chi connectivity index (χ0) is 28.3. The Morgan fingerprint density at radius 3 is 2.28 bits per heavy atom. The van der Waals surface area contributed by atoms with Gasteiger partial charge in [0.25, 0.3) is 0 Å². The van der Waals surface area contributed by atoms with Crippen LogP contribution in [-0.2, 0) is 22.4 Å². The third kappa shape index (κ3) is 9.59. The van der Waals surface area contributed by atoms with Crippen molar-refractivity contribution in [2.45, 2.75) is 96.8 Å². The molecule has 2 aromatic carbocycles. The van der Waals surface area contributed by atoms with Crippen LogP contribution >= 0.6 is 0 Å². The molecule has 1 aliphatic rings. The Balaban J connectivity index is 1.54. The van der Waals surface area contributed by atoms with Gasteiger partial charge < -0.3 is 14.2 Å². The molecule has 39 heavy (non-hydrogen) atoms. The van der Waals surface area contributed by atoms with Gasteiger partial charge >= 0.3 is 18.1 Å². The highest BCUT2D eigenvalue weighted by Gasteiger charge is 2.43. The Hall–Kier alpha value is -3.03. The van der Waals surface area contributed by atoms with Crippen molar-refractivity contribution in [2.24, 2.45) is 5.92 Å². The van der Waals surface area contributed by atoms with E-state index in [0.29, 0.717) is 55.8 Å². The molecule has 3 rings (SSSR count). The molecule has 0 bridgehead atoms. The molecule has 2 aromatic rings. The summed E-state index contributed by atoms with van der Waals surface area (Å²) in [6.07, 6.45) is 0.344. The van der Waals surface area contributed by atoms with E-state index in [1.807, 2.05) is 6.92 Å². The Bertz CT molecular complexity index is 1060. The summed E-state index contributed by atoms with van der Waals surface area (Å²) in [6, 6.07) is 11.9. The van der Waals surface area contributed by atoms with E-state index in [4.69, 9.17) is 14.2 Å². The lowest BCUT2D eigenvalue weighted by Gasteiger charge is -2.27. The van der Waals surface area contributed by atoms with E-state index in [-0.39, 0.29) is 6.42 Å². The normalized spacial score (nSPS) is 15.8. The molecule has 0 amide bonds. The lowest BCUT2D eigenvalue weighted by atomic mass is 9.84. The second-order valence-corrected chi connectivity index (χ2v) is 10.2. The summed E-state index contributed by atoms with van der Waals surface area (Å²) < 4.78 is 56.5. The largest absolute Gasteiger partial charge is 0.494 e. The molecule has 0 aliphatic heterocycles. The molecule has 8 heteroatoms. The minimum Gasteiger partial charge on any atom is -0.494 e. The topological polar surface area (TPSA) is 61.8 Å². The van der Waals surface area contributed by atoms with Gasteiger partial charge in [0, 0.05) is 0 Å². The monoisotopic (exact) mass is 548 g/mol. The van der Waals surface area contributed by atoms with Gasteiger partial charge in [-0.2, -0.15) is 13.2 Å². The highest BCUT2D eigenvalue weighted by Crippen LogP contribution is 2.33. The first kappa shape index (κ1) is 30.5. The lowest BCUT2D eigenvalue weighted by molar-refractivity contribution is -0.225. The summed E-state index contributed by atoms with van der Waals surface area (Å²) in [5.74, 6) is -0.853. The number of hydrogen-bond donors (Lipinski definition) is 0. The smallest absolute Gasteiger partial charge is 0.425 e. The maximum atomic E-state index is 13.4. The molecular weight excluding hydrogens is 509 g/mol. The number of hydrogen-bond acceptors (Lipinski definition) is 5. The number of carbonyl (C=O) groups is 2. The number of carbonyl (C=O) groups excluding carboxylic acids is 2. The van der Waals surface area contributed by atoms with Crippen LogP contribution < -0.4 is 9.47 Å². The van der Waals surface area contributed by atoms with Crippen LogP contribution in [0.4, 0.5) is 13.2 Å². The number of aryl methyl sites for hydroxylation is 1. The Kier molecular flexibility index (Phi) is 11.7.